The van der Waals surface area contributed by atoms with Gasteiger partial charge in [-0.3, -0.25) is 4.98 Å². The molecule has 0 spiro atoms. The van der Waals surface area contributed by atoms with Gasteiger partial charge < -0.3 is 12.3 Å². The van der Waals surface area contributed by atoms with Gasteiger partial charge in [0.25, 0.3) is 0 Å². The molecule has 0 atom stereocenters. The largest absolute Gasteiger partial charge is 0.693 e. The summed E-state index contributed by atoms with van der Waals surface area (Å²) in [5.41, 5.74) is 1.06. The maximum Gasteiger partial charge on any atom is 0.0708 e. The molecule has 3 aromatic rings. The zero-order valence-corrected chi connectivity index (χ0v) is 12.5. The second-order valence-electron chi connectivity index (χ2n) is 3.36. The van der Waals surface area contributed by atoms with Gasteiger partial charge in [0.05, 0.1) is 5.52 Å². The number of benzene rings is 2. The number of pyridine rings is 1. The third-order valence-corrected chi connectivity index (χ3v) is 2.50. The smallest absolute Gasteiger partial charge is 0.0708 e. The van der Waals surface area contributed by atoms with Gasteiger partial charge in [0.2, 0.25) is 0 Å². The van der Waals surface area contributed by atoms with E-state index in [1.165, 1.54) is 16.2 Å². The van der Waals surface area contributed by atoms with E-state index in [-0.39, 0.29) is 12.3 Å². The number of nitrogens with two attached hydrogens (primary N) is 2. The van der Waals surface area contributed by atoms with Crippen molar-refractivity contribution in [3.8, 4) is 0 Å². The second kappa shape index (κ2) is 8.17. The van der Waals surface area contributed by atoms with Crippen LogP contribution < -0.4 is 0 Å². The van der Waals surface area contributed by atoms with Gasteiger partial charge in [-0.2, -0.15) is 0 Å². The van der Waals surface area contributed by atoms with Gasteiger partial charge in [-0.05, 0) is 11.5 Å². The molecule has 18 heavy (non-hydrogen) atoms. The summed E-state index contributed by atoms with van der Waals surface area (Å²) in [6, 6.07) is 16.6. The van der Waals surface area contributed by atoms with E-state index in [4.69, 9.17) is 0 Å². The summed E-state index contributed by atoms with van der Waals surface area (Å²) in [6.45, 7) is 0. The fourth-order valence-electron chi connectivity index (χ4n) is 1.81. The summed E-state index contributed by atoms with van der Waals surface area (Å²) in [7, 11) is 4.61. The first-order valence-corrected chi connectivity index (χ1v) is 7.61. The maximum absolute atomic E-state index is 4.61. The molecule has 1 aromatic heterocycles. The SMILES string of the molecule is [Cl][Pt].[NH2-].[NH2-].c1ccc2c(c1)cnc1ccccc12. The molecule has 3 rings (SSSR count). The Bertz CT molecular complexity index is 561. The number of halogens is 1. The maximum atomic E-state index is 4.61. The summed E-state index contributed by atoms with van der Waals surface area (Å²) in [5.74, 6) is 0. The monoisotopic (exact) mass is 441 g/mol. The van der Waals surface area contributed by atoms with Crippen LogP contribution in [-0.2, 0) is 18.8 Å². The first-order chi connectivity index (χ1) is 7.95. The van der Waals surface area contributed by atoms with Crippen molar-refractivity contribution >= 4 is 31.1 Å². The summed E-state index contributed by atoms with van der Waals surface area (Å²) in [4.78, 5) is 4.41. The molecule has 0 aliphatic heterocycles. The van der Waals surface area contributed by atoms with Gasteiger partial charge in [0.1, 0.15) is 0 Å². The van der Waals surface area contributed by atoms with Crippen molar-refractivity contribution in [2.45, 2.75) is 0 Å². The van der Waals surface area contributed by atoms with Crippen molar-refractivity contribution in [3.05, 3.63) is 67.0 Å². The third-order valence-electron chi connectivity index (χ3n) is 2.50. The standard InChI is InChI=1S/C13H9N.ClH.2H2N.Pt/c1-2-6-11-10(5-1)9-14-13-8-4-3-7-12(11)13;;;;/h1-9H;1H;2*1H2;/q;;2*-1;+1/p-1. The Balaban J connectivity index is 0.000000691. The molecule has 3 nitrogen and oxygen atoms in total. The molecule has 0 saturated heterocycles. The van der Waals surface area contributed by atoms with Crippen LogP contribution in [0.3, 0.4) is 0 Å². The van der Waals surface area contributed by atoms with Gasteiger partial charge in [0, 0.05) is 17.0 Å². The number of para-hydroxylation sites is 1. The predicted octanol–water partition coefficient (Wildman–Crippen LogP) is 5.51. The molecule has 2 aromatic carbocycles. The van der Waals surface area contributed by atoms with Crippen molar-refractivity contribution in [1.82, 2.24) is 4.98 Å². The minimum absolute atomic E-state index is 0. The minimum atomic E-state index is 0. The summed E-state index contributed by atoms with van der Waals surface area (Å²) < 4.78 is 0. The molecule has 4 N–H and O–H groups in total. The van der Waals surface area contributed by atoms with Crippen LogP contribution in [0.15, 0.2) is 54.7 Å². The molecule has 5 heteroatoms. The Kier molecular flexibility index (Phi) is 7.72. The van der Waals surface area contributed by atoms with E-state index >= 15 is 0 Å². The van der Waals surface area contributed by atoms with Gasteiger partial charge in [-0.15, -0.1) is 0 Å². The average molecular weight is 442 g/mol. The zero-order chi connectivity index (χ0) is 11.4. The summed E-state index contributed by atoms with van der Waals surface area (Å²) >= 11 is 1.61. The molecule has 99 valence electrons. The molecule has 1 heterocycles. The number of fused-ring (bicyclic) bond motifs is 3. The predicted molar refractivity (Wildman–Crippen MR) is 75.7 cm³/mol. The van der Waals surface area contributed by atoms with E-state index in [1.54, 1.807) is 18.8 Å². The fraction of sp³-hybridized carbons (Fsp3) is 0. The Labute approximate surface area is 122 Å². The normalized spacial score (nSPS) is 8.83. The molecule has 0 bridgehead atoms. The molecule has 0 aliphatic rings. The molecule has 0 aliphatic carbocycles. The van der Waals surface area contributed by atoms with Crippen LogP contribution in [0.1, 0.15) is 0 Å². The van der Waals surface area contributed by atoms with E-state index in [0.29, 0.717) is 0 Å². The summed E-state index contributed by atoms with van der Waals surface area (Å²) in [5, 5.41) is 3.70. The van der Waals surface area contributed by atoms with Crippen molar-refractivity contribution < 1.29 is 18.8 Å². The Morgan fingerprint density at radius 1 is 0.778 bits per heavy atom. The second-order valence-corrected chi connectivity index (χ2v) is 3.36. The number of rotatable bonds is 0. The Morgan fingerprint density at radius 2 is 1.33 bits per heavy atom. The first kappa shape index (κ1) is 17.0. The van der Waals surface area contributed by atoms with Gasteiger partial charge in [-0.1, -0.05) is 42.5 Å². The van der Waals surface area contributed by atoms with Crippen LogP contribution in [0.4, 0.5) is 0 Å². The van der Waals surface area contributed by atoms with Crippen molar-refractivity contribution in [3.63, 3.8) is 0 Å². The number of hydrogen-bond acceptors (Lipinski definition) is 1. The molecular weight excluding hydrogens is 429 g/mol. The third kappa shape index (κ3) is 3.27. The Hall–Kier alpha value is -0.992. The van der Waals surface area contributed by atoms with E-state index in [1.807, 2.05) is 24.4 Å². The van der Waals surface area contributed by atoms with Crippen molar-refractivity contribution in [2.75, 3.05) is 0 Å². The molecule has 0 amide bonds. The van der Waals surface area contributed by atoms with E-state index in [0.717, 1.165) is 5.52 Å². The average Bonchev–Trinajstić information content (AvgIpc) is 2.41. The van der Waals surface area contributed by atoms with E-state index in [9.17, 15) is 0 Å². The Morgan fingerprint density at radius 3 is 2.06 bits per heavy atom. The van der Waals surface area contributed by atoms with Gasteiger partial charge >= 0.3 is 28.2 Å². The molecule has 0 unspecified atom stereocenters. The molecule has 0 radical (unpaired) electrons. The molecular formula is C13H13ClN3Pt-2. The number of hydrogen-bond donors (Lipinski definition) is 0. The number of nitrogens with zero attached hydrogens (tertiary/aromatic N) is 1. The number of aromatic nitrogens is 1. The van der Waals surface area contributed by atoms with Gasteiger partial charge in [0.15, 0.2) is 0 Å². The van der Waals surface area contributed by atoms with E-state index in [2.05, 4.69) is 44.7 Å². The van der Waals surface area contributed by atoms with Crippen molar-refractivity contribution in [1.29, 1.82) is 0 Å². The van der Waals surface area contributed by atoms with Crippen molar-refractivity contribution in [2.24, 2.45) is 0 Å². The van der Waals surface area contributed by atoms with Crippen LogP contribution >= 0.6 is 9.42 Å². The first-order valence-electron chi connectivity index (χ1n) is 4.79. The van der Waals surface area contributed by atoms with Crippen LogP contribution in [0.5, 0.6) is 0 Å². The zero-order valence-electron chi connectivity index (χ0n) is 9.49. The minimum Gasteiger partial charge on any atom is -0.693 e. The van der Waals surface area contributed by atoms with Gasteiger partial charge in [-0.25, -0.2) is 0 Å². The van der Waals surface area contributed by atoms with Crippen LogP contribution in [0.2, 0.25) is 0 Å². The van der Waals surface area contributed by atoms with Crippen LogP contribution in [-0.4, -0.2) is 4.98 Å². The summed E-state index contributed by atoms with van der Waals surface area (Å²) in [6.07, 6.45) is 1.93. The van der Waals surface area contributed by atoms with Crippen LogP contribution in [0.25, 0.3) is 34.0 Å². The topological polar surface area (TPSA) is 79.9 Å². The quantitative estimate of drug-likeness (QED) is 0.423. The fourth-order valence-corrected chi connectivity index (χ4v) is 1.81. The molecule has 0 saturated carbocycles. The molecule has 0 fully saturated rings. The van der Waals surface area contributed by atoms with E-state index < -0.39 is 0 Å². The van der Waals surface area contributed by atoms with Crippen LogP contribution in [0, 0.1) is 0 Å².